The second-order valence-corrected chi connectivity index (χ2v) is 7.28. The number of aryl methyl sites for hydroxylation is 2. The van der Waals surface area contributed by atoms with Gasteiger partial charge in [-0.1, -0.05) is 0 Å². The molecule has 1 unspecified atom stereocenters. The SMILES string of the molecule is Cc1nn(C)c(C)c1CCNC(=O)C1CCCn2c(-c3ccncc3)nnc21. The number of hydrogen-bond donors (Lipinski definition) is 1. The first-order valence-corrected chi connectivity index (χ1v) is 9.66. The van der Waals surface area contributed by atoms with E-state index >= 15 is 0 Å². The third-order valence-electron chi connectivity index (χ3n) is 5.55. The van der Waals surface area contributed by atoms with Crippen molar-refractivity contribution in [1.82, 2.24) is 34.8 Å². The molecule has 0 aromatic carbocycles. The van der Waals surface area contributed by atoms with Gasteiger partial charge in [0.2, 0.25) is 5.91 Å². The molecule has 1 atom stereocenters. The molecule has 8 heteroatoms. The van der Waals surface area contributed by atoms with E-state index < -0.39 is 0 Å². The Morgan fingerprint density at radius 1 is 1.25 bits per heavy atom. The lowest BCUT2D eigenvalue weighted by Gasteiger charge is -2.23. The third-order valence-corrected chi connectivity index (χ3v) is 5.55. The number of nitrogens with one attached hydrogen (secondary N) is 1. The lowest BCUT2D eigenvalue weighted by molar-refractivity contribution is -0.123. The van der Waals surface area contributed by atoms with E-state index in [0.29, 0.717) is 6.54 Å². The van der Waals surface area contributed by atoms with Crippen LogP contribution in [0.3, 0.4) is 0 Å². The van der Waals surface area contributed by atoms with Crippen LogP contribution < -0.4 is 5.32 Å². The fraction of sp³-hybridized carbons (Fsp3) is 0.450. The molecular formula is C20H25N7O. The van der Waals surface area contributed by atoms with Gasteiger partial charge in [-0.05, 0) is 50.8 Å². The maximum atomic E-state index is 12.8. The molecule has 1 N–H and O–H groups in total. The molecule has 3 aromatic heterocycles. The molecular weight excluding hydrogens is 354 g/mol. The summed E-state index contributed by atoms with van der Waals surface area (Å²) in [4.78, 5) is 16.9. The Bertz CT molecular complexity index is 990. The second kappa shape index (κ2) is 7.53. The number of carbonyl (C=O) groups excluding carboxylic acids is 1. The van der Waals surface area contributed by atoms with E-state index in [1.165, 1.54) is 5.56 Å². The summed E-state index contributed by atoms with van der Waals surface area (Å²) >= 11 is 0. The number of amides is 1. The van der Waals surface area contributed by atoms with Gasteiger partial charge in [-0.2, -0.15) is 5.10 Å². The summed E-state index contributed by atoms with van der Waals surface area (Å²) in [5.74, 6) is 1.32. The maximum absolute atomic E-state index is 12.8. The van der Waals surface area contributed by atoms with E-state index in [1.54, 1.807) is 12.4 Å². The van der Waals surface area contributed by atoms with Crippen LogP contribution in [-0.4, -0.2) is 42.0 Å². The molecule has 4 heterocycles. The van der Waals surface area contributed by atoms with Crippen molar-refractivity contribution >= 4 is 5.91 Å². The summed E-state index contributed by atoms with van der Waals surface area (Å²) in [7, 11) is 1.94. The molecule has 8 nitrogen and oxygen atoms in total. The van der Waals surface area contributed by atoms with E-state index in [0.717, 1.165) is 54.4 Å². The average molecular weight is 379 g/mol. The summed E-state index contributed by atoms with van der Waals surface area (Å²) in [5.41, 5.74) is 4.34. The van der Waals surface area contributed by atoms with Crippen LogP contribution in [0.4, 0.5) is 0 Å². The Morgan fingerprint density at radius 3 is 2.75 bits per heavy atom. The quantitative estimate of drug-likeness (QED) is 0.731. The topological polar surface area (TPSA) is 90.5 Å². The molecule has 0 bridgehead atoms. The van der Waals surface area contributed by atoms with Gasteiger partial charge in [0.15, 0.2) is 5.82 Å². The van der Waals surface area contributed by atoms with Crippen LogP contribution in [0.15, 0.2) is 24.5 Å². The number of aromatic nitrogens is 6. The van der Waals surface area contributed by atoms with E-state index in [4.69, 9.17) is 0 Å². The molecule has 0 fully saturated rings. The predicted molar refractivity (Wildman–Crippen MR) is 105 cm³/mol. The second-order valence-electron chi connectivity index (χ2n) is 7.28. The van der Waals surface area contributed by atoms with Crippen molar-refractivity contribution < 1.29 is 4.79 Å². The summed E-state index contributed by atoms with van der Waals surface area (Å²) in [5, 5.41) is 16.2. The zero-order valence-corrected chi connectivity index (χ0v) is 16.5. The van der Waals surface area contributed by atoms with E-state index in [1.807, 2.05) is 30.8 Å². The molecule has 146 valence electrons. The van der Waals surface area contributed by atoms with Crippen molar-refractivity contribution in [2.24, 2.45) is 7.05 Å². The van der Waals surface area contributed by atoms with Crippen LogP contribution in [0.1, 0.15) is 41.5 Å². The summed E-state index contributed by atoms with van der Waals surface area (Å²) in [6.07, 6.45) is 5.99. The molecule has 0 aliphatic carbocycles. The highest BCUT2D eigenvalue weighted by Gasteiger charge is 2.31. The van der Waals surface area contributed by atoms with Crippen LogP contribution in [0, 0.1) is 13.8 Å². The lowest BCUT2D eigenvalue weighted by Crippen LogP contribution is -2.34. The molecule has 0 saturated carbocycles. The van der Waals surface area contributed by atoms with Crippen molar-refractivity contribution in [3.63, 3.8) is 0 Å². The van der Waals surface area contributed by atoms with Crippen LogP contribution in [-0.2, 0) is 24.8 Å². The van der Waals surface area contributed by atoms with Crippen LogP contribution >= 0.6 is 0 Å². The van der Waals surface area contributed by atoms with Crippen molar-refractivity contribution in [2.75, 3.05) is 6.54 Å². The van der Waals surface area contributed by atoms with Gasteiger partial charge in [0.25, 0.3) is 0 Å². The Hall–Kier alpha value is -3.03. The summed E-state index contributed by atoms with van der Waals surface area (Å²) in [6, 6.07) is 3.83. The van der Waals surface area contributed by atoms with E-state index in [-0.39, 0.29) is 11.8 Å². The molecule has 0 saturated heterocycles. The number of carbonyl (C=O) groups is 1. The average Bonchev–Trinajstić information content (AvgIpc) is 3.24. The standard InChI is InChI=1S/C20H25N7O/c1-13-16(14(2)26(3)25-13)8-11-22-20(28)17-5-4-12-27-18(23-24-19(17)27)15-6-9-21-10-7-15/h6-7,9-10,17H,4-5,8,11-12H2,1-3H3,(H,22,28). The highest BCUT2D eigenvalue weighted by atomic mass is 16.1. The Morgan fingerprint density at radius 2 is 2.04 bits per heavy atom. The molecule has 0 radical (unpaired) electrons. The van der Waals surface area contributed by atoms with Crippen LogP contribution in [0.2, 0.25) is 0 Å². The molecule has 0 spiro atoms. The van der Waals surface area contributed by atoms with Crippen LogP contribution in [0.25, 0.3) is 11.4 Å². The van der Waals surface area contributed by atoms with Gasteiger partial charge >= 0.3 is 0 Å². The van der Waals surface area contributed by atoms with Crippen molar-refractivity contribution in [1.29, 1.82) is 0 Å². The van der Waals surface area contributed by atoms with Gasteiger partial charge in [-0.15, -0.1) is 10.2 Å². The first-order chi connectivity index (χ1) is 13.6. The third kappa shape index (κ3) is 3.30. The molecule has 4 rings (SSSR count). The van der Waals surface area contributed by atoms with Gasteiger partial charge < -0.3 is 9.88 Å². The highest BCUT2D eigenvalue weighted by molar-refractivity contribution is 5.83. The highest BCUT2D eigenvalue weighted by Crippen LogP contribution is 2.30. The smallest absolute Gasteiger partial charge is 0.230 e. The number of rotatable bonds is 5. The normalized spacial score (nSPS) is 16.0. The fourth-order valence-corrected chi connectivity index (χ4v) is 3.95. The predicted octanol–water partition coefficient (Wildman–Crippen LogP) is 1.93. The van der Waals surface area contributed by atoms with Crippen LogP contribution in [0.5, 0.6) is 0 Å². The zero-order chi connectivity index (χ0) is 19.7. The van der Waals surface area contributed by atoms with Gasteiger partial charge in [0.1, 0.15) is 5.82 Å². The Labute approximate surface area is 164 Å². The Balaban J connectivity index is 1.46. The fourth-order valence-electron chi connectivity index (χ4n) is 3.95. The van der Waals surface area contributed by atoms with Gasteiger partial charge in [0, 0.05) is 43.8 Å². The van der Waals surface area contributed by atoms with Gasteiger partial charge in [-0.3, -0.25) is 14.5 Å². The largest absolute Gasteiger partial charge is 0.355 e. The van der Waals surface area contributed by atoms with Gasteiger partial charge in [0.05, 0.1) is 11.6 Å². The summed E-state index contributed by atoms with van der Waals surface area (Å²) < 4.78 is 3.95. The van der Waals surface area contributed by atoms with E-state index in [9.17, 15) is 4.79 Å². The minimum absolute atomic E-state index is 0.0221. The van der Waals surface area contributed by atoms with Crippen molar-refractivity contribution in [3.8, 4) is 11.4 Å². The monoisotopic (exact) mass is 379 g/mol. The maximum Gasteiger partial charge on any atom is 0.230 e. The molecule has 1 aliphatic heterocycles. The van der Waals surface area contributed by atoms with E-state index in [2.05, 4.69) is 37.1 Å². The summed E-state index contributed by atoms with van der Waals surface area (Å²) in [6.45, 7) is 5.49. The number of pyridine rings is 1. The first-order valence-electron chi connectivity index (χ1n) is 9.66. The lowest BCUT2D eigenvalue weighted by atomic mass is 9.97. The number of hydrogen-bond acceptors (Lipinski definition) is 5. The zero-order valence-electron chi connectivity index (χ0n) is 16.5. The van der Waals surface area contributed by atoms with Crippen molar-refractivity contribution in [2.45, 2.75) is 45.6 Å². The molecule has 1 amide bonds. The molecule has 28 heavy (non-hydrogen) atoms. The number of nitrogens with zero attached hydrogens (tertiary/aromatic N) is 6. The first kappa shape index (κ1) is 18.3. The number of fused-ring (bicyclic) bond motifs is 1. The van der Waals surface area contributed by atoms with Gasteiger partial charge in [-0.25, -0.2) is 0 Å². The minimum Gasteiger partial charge on any atom is -0.355 e. The van der Waals surface area contributed by atoms with Crippen molar-refractivity contribution in [3.05, 3.63) is 47.3 Å². The molecule has 3 aromatic rings. The minimum atomic E-state index is -0.257. The molecule has 1 aliphatic rings. The Kier molecular flexibility index (Phi) is 4.93.